The third kappa shape index (κ3) is 6.19. The third-order valence-electron chi connectivity index (χ3n) is 6.24. The van der Waals surface area contributed by atoms with Crippen molar-refractivity contribution in [3.63, 3.8) is 0 Å². The highest BCUT2D eigenvalue weighted by atomic mass is 16.7. The molecule has 0 spiro atoms. The van der Waals surface area contributed by atoms with E-state index in [9.17, 15) is 9.59 Å². The van der Waals surface area contributed by atoms with Crippen molar-refractivity contribution >= 4 is 11.8 Å². The number of oxazole rings is 1. The Morgan fingerprint density at radius 2 is 1.79 bits per heavy atom. The van der Waals surface area contributed by atoms with Gasteiger partial charge < -0.3 is 29.3 Å². The molecule has 2 aliphatic rings. The van der Waals surface area contributed by atoms with Gasteiger partial charge in [-0.25, -0.2) is 4.98 Å². The fourth-order valence-electron chi connectivity index (χ4n) is 3.99. The minimum Gasteiger partial charge on any atom is -0.441 e. The molecule has 2 N–H and O–H groups in total. The Bertz CT molecular complexity index is 965. The van der Waals surface area contributed by atoms with Crippen LogP contribution in [-0.4, -0.2) is 67.1 Å². The van der Waals surface area contributed by atoms with Crippen molar-refractivity contribution in [1.29, 1.82) is 0 Å². The molecule has 0 saturated carbocycles. The first-order valence-corrected chi connectivity index (χ1v) is 11.7. The van der Waals surface area contributed by atoms with Crippen LogP contribution in [0.25, 0.3) is 11.5 Å². The molecule has 2 amide bonds. The van der Waals surface area contributed by atoms with E-state index in [0.29, 0.717) is 38.0 Å². The van der Waals surface area contributed by atoms with E-state index in [-0.39, 0.29) is 18.4 Å². The van der Waals surface area contributed by atoms with Crippen LogP contribution in [0.5, 0.6) is 0 Å². The highest BCUT2D eigenvalue weighted by Crippen LogP contribution is 2.27. The predicted octanol–water partition coefficient (Wildman–Crippen LogP) is 1.63. The zero-order chi connectivity index (χ0) is 24.0. The molecule has 2 fully saturated rings. The smallest absolute Gasteiger partial charge is 0.280 e. The summed E-state index contributed by atoms with van der Waals surface area (Å²) >= 11 is 0. The lowest BCUT2D eigenvalue weighted by molar-refractivity contribution is -0.259. The average Bonchev–Trinajstić information content (AvgIpc) is 3.24. The number of hydrogen-bond acceptors (Lipinski definition) is 8. The Morgan fingerprint density at radius 3 is 2.50 bits per heavy atom. The molecule has 0 unspecified atom stereocenters. The maximum Gasteiger partial charge on any atom is 0.280 e. The molecule has 2 saturated heterocycles. The highest BCUT2D eigenvalue weighted by molar-refractivity contribution is 5.88. The zero-order valence-electron chi connectivity index (χ0n) is 19.7. The van der Waals surface area contributed by atoms with Gasteiger partial charge in [0, 0.05) is 50.1 Å². The number of nitrogens with one attached hydrogen (secondary N) is 2. The predicted molar refractivity (Wildman–Crippen MR) is 122 cm³/mol. The number of carbonyl (C=O) groups is 2. The molecule has 34 heavy (non-hydrogen) atoms. The summed E-state index contributed by atoms with van der Waals surface area (Å²) in [5.74, 6) is -0.400. The highest BCUT2D eigenvalue weighted by Gasteiger charge is 2.40. The lowest BCUT2D eigenvalue weighted by Crippen LogP contribution is -2.54. The van der Waals surface area contributed by atoms with Gasteiger partial charge in [0.1, 0.15) is 5.76 Å². The monoisotopic (exact) mass is 472 g/mol. The van der Waals surface area contributed by atoms with Crippen LogP contribution in [0.1, 0.15) is 31.2 Å². The van der Waals surface area contributed by atoms with E-state index in [1.807, 2.05) is 19.1 Å². The fraction of sp³-hybridized carbons (Fsp3) is 0.583. The van der Waals surface area contributed by atoms with Gasteiger partial charge in [-0.15, -0.1) is 0 Å². The van der Waals surface area contributed by atoms with Crippen molar-refractivity contribution in [2.75, 3.05) is 39.5 Å². The minimum absolute atomic E-state index is 0.0257. The van der Waals surface area contributed by atoms with Gasteiger partial charge in [-0.1, -0.05) is 0 Å². The first-order valence-electron chi connectivity index (χ1n) is 11.7. The molecule has 10 nitrogen and oxygen atoms in total. The van der Waals surface area contributed by atoms with Crippen LogP contribution in [0.15, 0.2) is 28.9 Å². The molecule has 0 atom stereocenters. The van der Waals surface area contributed by atoms with Gasteiger partial charge in [-0.3, -0.25) is 14.6 Å². The molecular weight excluding hydrogens is 440 g/mol. The van der Waals surface area contributed by atoms with Crippen molar-refractivity contribution in [3.8, 4) is 11.5 Å². The molecular formula is C24H32N4O6. The van der Waals surface area contributed by atoms with Crippen molar-refractivity contribution < 1.29 is 28.2 Å². The number of hydrogen-bond donors (Lipinski definition) is 2. The second-order valence-corrected chi connectivity index (χ2v) is 8.94. The number of carbonyl (C=O) groups excluding carboxylic acids is 2. The molecule has 2 aromatic rings. The number of aryl methyl sites for hydroxylation is 1. The van der Waals surface area contributed by atoms with Crippen molar-refractivity contribution in [2.45, 2.75) is 38.9 Å². The summed E-state index contributed by atoms with van der Waals surface area (Å²) in [7, 11) is 0. The number of ether oxygens (including phenoxy) is 3. The molecule has 0 bridgehead atoms. The quantitative estimate of drug-likeness (QED) is 0.594. The summed E-state index contributed by atoms with van der Waals surface area (Å²) in [5, 5.41) is 5.48. The lowest BCUT2D eigenvalue weighted by atomic mass is 10.0. The average molecular weight is 473 g/mol. The normalized spacial score (nSPS) is 23.4. The molecule has 0 radical (unpaired) electrons. The summed E-state index contributed by atoms with van der Waals surface area (Å²) in [6.07, 6.45) is 5.86. The molecule has 10 heteroatoms. The SMILES string of the molecule is Cc1oc(-c2ccncc2)nc1CC1COC(C)(C(=O)NCC(=O)NCC2CCOCC2)OC1. The van der Waals surface area contributed by atoms with E-state index in [2.05, 4.69) is 20.6 Å². The van der Waals surface area contributed by atoms with Gasteiger partial charge in [-0.05, 0) is 44.7 Å². The van der Waals surface area contributed by atoms with Crippen molar-refractivity contribution in [3.05, 3.63) is 36.0 Å². The largest absolute Gasteiger partial charge is 0.441 e. The van der Waals surface area contributed by atoms with E-state index in [1.54, 1.807) is 19.3 Å². The summed E-state index contributed by atoms with van der Waals surface area (Å²) in [4.78, 5) is 33.4. The summed E-state index contributed by atoms with van der Waals surface area (Å²) in [6.45, 7) is 6.04. The van der Waals surface area contributed by atoms with Gasteiger partial charge in [-0.2, -0.15) is 0 Å². The maximum atomic E-state index is 12.6. The number of aromatic nitrogens is 2. The first-order chi connectivity index (χ1) is 16.4. The Balaban J connectivity index is 1.21. The van der Waals surface area contributed by atoms with Crippen LogP contribution in [0, 0.1) is 18.8 Å². The molecule has 4 heterocycles. The topological polar surface area (TPSA) is 125 Å². The number of rotatable bonds is 8. The minimum atomic E-state index is -1.43. The van der Waals surface area contributed by atoms with Crippen molar-refractivity contribution in [2.24, 2.45) is 11.8 Å². The van der Waals surface area contributed by atoms with Gasteiger partial charge in [0.05, 0.1) is 25.5 Å². The van der Waals surface area contributed by atoms with Gasteiger partial charge in [0.15, 0.2) is 0 Å². The second-order valence-electron chi connectivity index (χ2n) is 8.94. The third-order valence-corrected chi connectivity index (χ3v) is 6.24. The van der Waals surface area contributed by atoms with Crippen LogP contribution in [0.4, 0.5) is 0 Å². The summed E-state index contributed by atoms with van der Waals surface area (Å²) in [6, 6.07) is 3.69. The number of pyridine rings is 1. The molecule has 0 aromatic carbocycles. The Morgan fingerprint density at radius 1 is 1.09 bits per heavy atom. The van der Waals surface area contributed by atoms with E-state index < -0.39 is 11.7 Å². The summed E-state index contributed by atoms with van der Waals surface area (Å²) in [5.41, 5.74) is 1.69. The number of amides is 2. The van der Waals surface area contributed by atoms with E-state index in [4.69, 9.17) is 18.6 Å². The standard InChI is InChI=1S/C24H32N4O6/c1-16-20(28-22(34-16)19-3-7-25-8-4-19)11-18-14-32-24(2,33-15-18)23(30)27-13-21(29)26-12-17-5-9-31-10-6-17/h3-4,7-8,17-18H,5-6,9-15H2,1-2H3,(H,26,29)(H,27,30). The van der Waals surface area contributed by atoms with E-state index in [1.165, 1.54) is 0 Å². The Hall–Kier alpha value is -2.82. The zero-order valence-corrected chi connectivity index (χ0v) is 19.7. The van der Waals surface area contributed by atoms with Crippen LogP contribution in [-0.2, 0) is 30.2 Å². The molecule has 0 aliphatic carbocycles. The summed E-state index contributed by atoms with van der Waals surface area (Å²) < 4.78 is 22.7. The van der Waals surface area contributed by atoms with Gasteiger partial charge in [0.25, 0.3) is 5.91 Å². The van der Waals surface area contributed by atoms with Crippen LogP contribution in [0.2, 0.25) is 0 Å². The first kappa shape index (κ1) is 24.3. The molecule has 184 valence electrons. The van der Waals surface area contributed by atoms with Crippen molar-refractivity contribution in [1.82, 2.24) is 20.6 Å². The fourth-order valence-corrected chi connectivity index (χ4v) is 3.99. The van der Waals surface area contributed by atoms with E-state index in [0.717, 1.165) is 43.1 Å². The number of nitrogens with zero attached hydrogens (tertiary/aromatic N) is 2. The van der Waals surface area contributed by atoms with Gasteiger partial charge >= 0.3 is 0 Å². The Labute approximate surface area is 198 Å². The Kier molecular flexibility index (Phi) is 7.91. The van der Waals surface area contributed by atoms with Crippen LogP contribution in [0.3, 0.4) is 0 Å². The van der Waals surface area contributed by atoms with E-state index >= 15 is 0 Å². The molecule has 4 rings (SSSR count). The van der Waals surface area contributed by atoms with Crippen LogP contribution >= 0.6 is 0 Å². The van der Waals surface area contributed by atoms with Crippen LogP contribution < -0.4 is 10.6 Å². The molecule has 2 aromatic heterocycles. The molecule has 2 aliphatic heterocycles. The second kappa shape index (κ2) is 11.1. The maximum absolute atomic E-state index is 12.6. The van der Waals surface area contributed by atoms with Gasteiger partial charge in [0.2, 0.25) is 17.6 Å². The lowest BCUT2D eigenvalue weighted by Gasteiger charge is -2.36.